The van der Waals surface area contributed by atoms with Crippen LogP contribution in [0.1, 0.15) is 53.2 Å². The molecule has 1 aliphatic rings. The third kappa shape index (κ3) is 2.97. The molecule has 3 rings (SSSR count). The Hall–Kier alpha value is -2.50. The van der Waals surface area contributed by atoms with Gasteiger partial charge in [0.15, 0.2) is 0 Å². The van der Waals surface area contributed by atoms with Crippen LogP contribution < -0.4 is 9.47 Å². The van der Waals surface area contributed by atoms with Gasteiger partial charge in [-0.3, -0.25) is 4.79 Å². The van der Waals surface area contributed by atoms with Crippen LogP contribution in [-0.2, 0) is 6.42 Å². The second-order valence-electron chi connectivity index (χ2n) is 6.15. The van der Waals surface area contributed by atoms with Gasteiger partial charge in [-0.05, 0) is 31.9 Å². The number of nitrogens with zero attached hydrogens (tertiary/aromatic N) is 2. The standard InChI is InChI=1S/C19H24N2O4/c1-5-14-17(12(2)20-25-14)13-8-7-11-21(13)19(22)18-15(23-3)9-6-10-16(18)24-4/h6,9-10,13H,5,7-8,11H2,1-4H3/t13-/m0/s1. The molecule has 1 amide bonds. The fraction of sp³-hybridized carbons (Fsp3) is 0.474. The molecule has 1 atom stereocenters. The van der Waals surface area contributed by atoms with Crippen LogP contribution in [0.15, 0.2) is 22.7 Å². The van der Waals surface area contributed by atoms with Crippen molar-refractivity contribution in [3.05, 3.63) is 40.8 Å². The maximum absolute atomic E-state index is 13.3. The Morgan fingerprint density at radius 2 is 2.00 bits per heavy atom. The van der Waals surface area contributed by atoms with Gasteiger partial charge in [-0.2, -0.15) is 0 Å². The zero-order valence-electron chi connectivity index (χ0n) is 15.2. The summed E-state index contributed by atoms with van der Waals surface area (Å²) in [6.45, 7) is 4.66. The number of carbonyl (C=O) groups is 1. The number of aryl methyl sites for hydroxylation is 2. The van der Waals surface area contributed by atoms with E-state index in [1.807, 2.05) is 24.8 Å². The highest BCUT2D eigenvalue weighted by atomic mass is 16.5. The Bertz CT molecular complexity index is 747. The zero-order chi connectivity index (χ0) is 18.0. The van der Waals surface area contributed by atoms with E-state index in [1.165, 1.54) is 0 Å². The zero-order valence-corrected chi connectivity index (χ0v) is 15.2. The van der Waals surface area contributed by atoms with Crippen molar-refractivity contribution in [2.24, 2.45) is 0 Å². The maximum atomic E-state index is 13.3. The number of rotatable bonds is 5. The lowest BCUT2D eigenvalue weighted by Crippen LogP contribution is -2.31. The second-order valence-corrected chi connectivity index (χ2v) is 6.15. The van der Waals surface area contributed by atoms with Gasteiger partial charge in [-0.15, -0.1) is 0 Å². The number of ether oxygens (including phenoxy) is 2. The first kappa shape index (κ1) is 17.3. The van der Waals surface area contributed by atoms with Crippen molar-refractivity contribution in [1.29, 1.82) is 0 Å². The fourth-order valence-electron chi connectivity index (χ4n) is 3.62. The van der Waals surface area contributed by atoms with Gasteiger partial charge in [0.1, 0.15) is 22.8 Å². The van der Waals surface area contributed by atoms with Crippen LogP contribution >= 0.6 is 0 Å². The van der Waals surface area contributed by atoms with E-state index in [-0.39, 0.29) is 11.9 Å². The molecule has 0 spiro atoms. The minimum absolute atomic E-state index is 0.0247. The molecule has 1 saturated heterocycles. The molecule has 6 heteroatoms. The van der Waals surface area contributed by atoms with E-state index in [0.717, 1.165) is 36.3 Å². The summed E-state index contributed by atoms with van der Waals surface area (Å²) in [7, 11) is 3.12. The highest BCUT2D eigenvalue weighted by Gasteiger charge is 2.36. The number of carbonyl (C=O) groups excluding carboxylic acids is 1. The second kappa shape index (κ2) is 7.17. The predicted molar refractivity (Wildman–Crippen MR) is 93.2 cm³/mol. The van der Waals surface area contributed by atoms with Gasteiger partial charge in [0.2, 0.25) is 0 Å². The summed E-state index contributed by atoms with van der Waals surface area (Å²) < 4.78 is 16.3. The summed E-state index contributed by atoms with van der Waals surface area (Å²) in [5, 5.41) is 4.10. The Morgan fingerprint density at radius 3 is 2.60 bits per heavy atom. The van der Waals surface area contributed by atoms with Crippen molar-refractivity contribution >= 4 is 5.91 Å². The molecule has 2 heterocycles. The summed E-state index contributed by atoms with van der Waals surface area (Å²) in [6.07, 6.45) is 2.60. The number of aromatic nitrogens is 1. The van der Waals surface area contributed by atoms with E-state index in [2.05, 4.69) is 5.16 Å². The Kier molecular flexibility index (Phi) is 4.97. The lowest BCUT2D eigenvalue weighted by atomic mass is 10.0. The summed E-state index contributed by atoms with van der Waals surface area (Å²) in [5.41, 5.74) is 2.36. The third-order valence-electron chi connectivity index (χ3n) is 4.79. The highest BCUT2D eigenvalue weighted by molar-refractivity contribution is 6.00. The average Bonchev–Trinajstić information content (AvgIpc) is 3.25. The van der Waals surface area contributed by atoms with Gasteiger partial charge in [0, 0.05) is 18.5 Å². The molecule has 0 radical (unpaired) electrons. The first-order valence-corrected chi connectivity index (χ1v) is 8.59. The van der Waals surface area contributed by atoms with E-state index >= 15 is 0 Å². The number of amides is 1. The lowest BCUT2D eigenvalue weighted by Gasteiger charge is -2.26. The molecule has 0 aliphatic carbocycles. The third-order valence-corrected chi connectivity index (χ3v) is 4.79. The molecule has 134 valence electrons. The summed E-state index contributed by atoms with van der Waals surface area (Å²) >= 11 is 0. The fourth-order valence-corrected chi connectivity index (χ4v) is 3.62. The van der Waals surface area contributed by atoms with Crippen LogP contribution in [0.3, 0.4) is 0 Å². The van der Waals surface area contributed by atoms with Crippen molar-refractivity contribution in [2.45, 2.75) is 39.2 Å². The molecule has 25 heavy (non-hydrogen) atoms. The molecule has 1 aliphatic heterocycles. The SMILES string of the molecule is CCc1onc(C)c1[C@@H]1CCCN1C(=O)c1c(OC)cccc1OC. The number of hydrogen-bond acceptors (Lipinski definition) is 5. The van der Waals surface area contributed by atoms with Crippen molar-refractivity contribution in [3.63, 3.8) is 0 Å². The molecule has 1 fully saturated rings. The normalized spacial score (nSPS) is 17.0. The summed E-state index contributed by atoms with van der Waals surface area (Å²) in [4.78, 5) is 15.2. The van der Waals surface area contributed by atoms with Gasteiger partial charge in [-0.1, -0.05) is 18.1 Å². The Balaban J connectivity index is 2.01. The first-order chi connectivity index (χ1) is 12.1. The van der Waals surface area contributed by atoms with Crippen molar-refractivity contribution in [2.75, 3.05) is 20.8 Å². The highest BCUT2D eigenvalue weighted by Crippen LogP contribution is 2.39. The summed E-state index contributed by atoms with van der Waals surface area (Å²) in [6, 6.07) is 5.35. The van der Waals surface area contributed by atoms with Crippen LogP contribution in [0.2, 0.25) is 0 Å². The van der Waals surface area contributed by atoms with E-state index < -0.39 is 0 Å². The van der Waals surface area contributed by atoms with E-state index in [9.17, 15) is 4.79 Å². The van der Waals surface area contributed by atoms with Crippen molar-refractivity contribution in [1.82, 2.24) is 10.1 Å². The molecule has 1 aromatic carbocycles. The van der Waals surface area contributed by atoms with E-state index in [4.69, 9.17) is 14.0 Å². The van der Waals surface area contributed by atoms with Gasteiger partial charge in [0.05, 0.1) is 26.0 Å². The summed E-state index contributed by atoms with van der Waals surface area (Å²) in [5.74, 6) is 1.81. The van der Waals surface area contributed by atoms with Gasteiger partial charge in [-0.25, -0.2) is 0 Å². The van der Waals surface area contributed by atoms with Crippen molar-refractivity contribution < 1.29 is 18.8 Å². The van der Waals surface area contributed by atoms with Gasteiger partial charge in [0.25, 0.3) is 5.91 Å². The molecule has 0 saturated carbocycles. The van der Waals surface area contributed by atoms with Crippen LogP contribution in [-0.4, -0.2) is 36.7 Å². The molecule has 0 unspecified atom stereocenters. The van der Waals surface area contributed by atoms with Crippen LogP contribution in [0.5, 0.6) is 11.5 Å². The molecule has 6 nitrogen and oxygen atoms in total. The maximum Gasteiger partial charge on any atom is 0.261 e. The largest absolute Gasteiger partial charge is 0.496 e. The quantitative estimate of drug-likeness (QED) is 0.830. The number of likely N-dealkylation sites (tertiary alicyclic amines) is 1. The molecule has 0 N–H and O–H groups in total. The molecular formula is C19H24N2O4. The monoisotopic (exact) mass is 344 g/mol. The van der Waals surface area contributed by atoms with Crippen LogP contribution in [0, 0.1) is 6.92 Å². The van der Waals surface area contributed by atoms with E-state index in [1.54, 1.807) is 26.4 Å². The number of methoxy groups -OCH3 is 2. The molecule has 0 bridgehead atoms. The minimum atomic E-state index is -0.0838. The Morgan fingerprint density at radius 1 is 1.32 bits per heavy atom. The predicted octanol–water partition coefficient (Wildman–Crippen LogP) is 3.54. The van der Waals surface area contributed by atoms with E-state index in [0.29, 0.717) is 23.6 Å². The van der Waals surface area contributed by atoms with Crippen LogP contribution in [0.4, 0.5) is 0 Å². The van der Waals surface area contributed by atoms with Gasteiger partial charge < -0.3 is 18.9 Å². The van der Waals surface area contributed by atoms with Gasteiger partial charge >= 0.3 is 0 Å². The Labute approximate surface area is 147 Å². The molecule has 1 aromatic heterocycles. The number of benzene rings is 1. The first-order valence-electron chi connectivity index (χ1n) is 8.59. The lowest BCUT2D eigenvalue weighted by molar-refractivity contribution is 0.0727. The average molecular weight is 344 g/mol. The van der Waals surface area contributed by atoms with Crippen LogP contribution in [0.25, 0.3) is 0 Å². The number of hydrogen-bond donors (Lipinski definition) is 0. The smallest absolute Gasteiger partial charge is 0.261 e. The topological polar surface area (TPSA) is 64.8 Å². The molecular weight excluding hydrogens is 320 g/mol. The van der Waals surface area contributed by atoms with Crippen molar-refractivity contribution in [3.8, 4) is 11.5 Å². The minimum Gasteiger partial charge on any atom is -0.496 e. The molecule has 2 aromatic rings.